The fraction of sp³-hybridized carbons (Fsp3) is 0.704. The van der Waals surface area contributed by atoms with Crippen LogP contribution in [0.4, 0.5) is 0 Å². The summed E-state index contributed by atoms with van der Waals surface area (Å²) in [6.45, 7) is 17.9. The van der Waals surface area contributed by atoms with Gasteiger partial charge in [-0.2, -0.15) is 0 Å². The van der Waals surface area contributed by atoms with E-state index in [9.17, 15) is 0 Å². The Morgan fingerprint density at radius 2 is 1.35 bits per heavy atom. The van der Waals surface area contributed by atoms with Crippen LogP contribution in [0.15, 0.2) is 30.2 Å². The van der Waals surface area contributed by atoms with E-state index in [0.29, 0.717) is 0 Å². The molecule has 0 spiro atoms. The second-order valence-electron chi connectivity index (χ2n) is 10.7. The molecule has 4 heteroatoms. The quantitative estimate of drug-likeness (QED) is 0.251. The van der Waals surface area contributed by atoms with Crippen molar-refractivity contribution < 1.29 is 9.31 Å². The third-order valence-corrected chi connectivity index (χ3v) is 23.3. The van der Waals surface area contributed by atoms with Crippen molar-refractivity contribution in [3.05, 3.63) is 41.4 Å². The molecule has 1 aliphatic rings. The van der Waals surface area contributed by atoms with Gasteiger partial charge in [0.2, 0.25) is 0 Å². The topological polar surface area (TPSA) is 18.5 Å². The third kappa shape index (κ3) is 6.87. The van der Waals surface area contributed by atoms with Crippen molar-refractivity contribution in [3.8, 4) is 0 Å². The van der Waals surface area contributed by atoms with E-state index in [1.807, 2.05) is 0 Å². The standard InChI is InChI=1S/C15H20BO2.3C4H9.Sn/c1-12-7-6-8-13(11-12)9-10-16-17-14(2,3)15(4,5)18-16;3*1-3-4-2;/h6-8,10-11H,1-5H3;3*1,3-4H2,2H3;. The molecule has 1 heterocycles. The minimum absolute atomic E-state index is 0.249. The van der Waals surface area contributed by atoms with Crippen molar-refractivity contribution in [2.24, 2.45) is 0 Å². The summed E-state index contributed by atoms with van der Waals surface area (Å²) < 4.78 is 19.0. The van der Waals surface area contributed by atoms with Gasteiger partial charge in [0, 0.05) is 0 Å². The van der Waals surface area contributed by atoms with Gasteiger partial charge in [0.15, 0.2) is 0 Å². The fourth-order valence-electron chi connectivity index (χ4n) is 4.81. The summed E-state index contributed by atoms with van der Waals surface area (Å²) in [5.74, 6) is 2.43. The van der Waals surface area contributed by atoms with Gasteiger partial charge in [0.05, 0.1) is 0 Å². The molecule has 0 unspecified atom stereocenters. The summed E-state index contributed by atoms with van der Waals surface area (Å²) in [5, 5.41) is 0. The summed E-state index contributed by atoms with van der Waals surface area (Å²) in [7, 11) is -0.249. The first-order valence-electron chi connectivity index (χ1n) is 12.8. The average Bonchev–Trinajstić information content (AvgIpc) is 2.92. The first-order chi connectivity index (χ1) is 14.6. The Bertz CT molecular complexity index is 688. The van der Waals surface area contributed by atoms with Crippen LogP contribution in [0.1, 0.15) is 98.1 Å². The molecule has 1 saturated heterocycles. The number of aryl methyl sites for hydroxylation is 1. The van der Waals surface area contributed by atoms with Gasteiger partial charge in [-0.1, -0.05) is 0 Å². The van der Waals surface area contributed by atoms with E-state index in [2.05, 4.69) is 85.6 Å². The number of unbranched alkanes of at least 4 members (excludes halogenated alkanes) is 3. The van der Waals surface area contributed by atoms with Crippen molar-refractivity contribution in [1.82, 2.24) is 0 Å². The molecule has 0 aromatic heterocycles. The second kappa shape index (κ2) is 11.7. The van der Waals surface area contributed by atoms with Crippen LogP contribution in [0.2, 0.25) is 13.3 Å². The molecule has 0 bridgehead atoms. The summed E-state index contributed by atoms with van der Waals surface area (Å²) in [6.07, 6.45) is 7.93. The summed E-state index contributed by atoms with van der Waals surface area (Å²) >= 11 is -2.68. The normalized spacial score (nSPS) is 18.6. The Kier molecular flexibility index (Phi) is 10.2. The van der Waals surface area contributed by atoms with Crippen molar-refractivity contribution in [2.45, 2.75) is 118 Å². The molecular formula is C27H47BO2Sn. The Balaban J connectivity index is 2.61. The zero-order valence-corrected chi connectivity index (χ0v) is 24.5. The number of rotatable bonds is 12. The summed E-state index contributed by atoms with van der Waals surface area (Å²) in [6, 6.07) is 9.21. The Morgan fingerprint density at radius 1 is 0.871 bits per heavy atom. The number of hydrogen-bond donors (Lipinski definition) is 0. The van der Waals surface area contributed by atoms with Crippen molar-refractivity contribution >= 4 is 29.1 Å². The van der Waals surface area contributed by atoms with Crippen LogP contribution in [0, 0.1) is 6.92 Å². The molecule has 174 valence electrons. The van der Waals surface area contributed by atoms with Gasteiger partial charge in [0.25, 0.3) is 0 Å². The zero-order valence-electron chi connectivity index (χ0n) is 21.6. The van der Waals surface area contributed by atoms with E-state index in [-0.39, 0.29) is 18.3 Å². The van der Waals surface area contributed by atoms with Crippen LogP contribution in [0.25, 0.3) is 3.59 Å². The van der Waals surface area contributed by atoms with Crippen molar-refractivity contribution in [1.29, 1.82) is 0 Å². The van der Waals surface area contributed by atoms with E-state index < -0.39 is 18.4 Å². The first-order valence-corrected chi connectivity index (χ1v) is 20.2. The van der Waals surface area contributed by atoms with Gasteiger partial charge >= 0.3 is 198 Å². The van der Waals surface area contributed by atoms with Crippen LogP contribution in [-0.2, 0) is 9.31 Å². The van der Waals surface area contributed by atoms with Gasteiger partial charge in [-0.15, -0.1) is 0 Å². The van der Waals surface area contributed by atoms with Crippen LogP contribution >= 0.6 is 0 Å². The van der Waals surface area contributed by atoms with E-state index in [1.165, 1.54) is 63.0 Å². The predicted molar refractivity (Wildman–Crippen MR) is 140 cm³/mol. The SMILES string of the molecule is CCC[CH2][Sn]([CH2]CCC)([CH2]CCC)/[C](=C\B1OC(C)(C)C(C)(C)O1)c1cccc(C)c1. The average molecular weight is 533 g/mol. The van der Waals surface area contributed by atoms with Crippen LogP contribution < -0.4 is 0 Å². The van der Waals surface area contributed by atoms with Gasteiger partial charge in [0.1, 0.15) is 0 Å². The molecule has 2 rings (SSSR count). The van der Waals surface area contributed by atoms with Crippen molar-refractivity contribution in [3.63, 3.8) is 0 Å². The van der Waals surface area contributed by atoms with E-state index in [0.717, 1.165) is 0 Å². The van der Waals surface area contributed by atoms with E-state index in [1.54, 1.807) is 3.59 Å². The van der Waals surface area contributed by atoms with Gasteiger partial charge in [-0.3, -0.25) is 0 Å². The molecule has 1 fully saturated rings. The molecule has 0 aliphatic carbocycles. The third-order valence-electron chi connectivity index (χ3n) is 7.50. The molecule has 0 N–H and O–H groups in total. The van der Waals surface area contributed by atoms with Gasteiger partial charge in [-0.05, 0) is 0 Å². The Morgan fingerprint density at radius 3 is 1.77 bits per heavy atom. The van der Waals surface area contributed by atoms with E-state index >= 15 is 0 Å². The fourth-order valence-corrected chi connectivity index (χ4v) is 21.7. The minimum atomic E-state index is -2.68. The first kappa shape index (κ1) is 27.0. The number of hydrogen-bond acceptors (Lipinski definition) is 2. The molecule has 31 heavy (non-hydrogen) atoms. The second-order valence-corrected chi connectivity index (χ2v) is 23.8. The molecule has 2 nitrogen and oxygen atoms in total. The molecule has 0 amide bonds. The zero-order chi connectivity index (χ0) is 23.1. The Hall–Kier alpha value is -0.256. The molecule has 1 aromatic rings. The molecule has 1 aliphatic heterocycles. The van der Waals surface area contributed by atoms with Crippen LogP contribution in [0.3, 0.4) is 0 Å². The van der Waals surface area contributed by atoms with Gasteiger partial charge < -0.3 is 0 Å². The van der Waals surface area contributed by atoms with Crippen LogP contribution in [0.5, 0.6) is 0 Å². The summed E-state index contributed by atoms with van der Waals surface area (Å²) in [5.41, 5.74) is 2.20. The van der Waals surface area contributed by atoms with E-state index in [4.69, 9.17) is 9.31 Å². The molecule has 0 saturated carbocycles. The monoisotopic (exact) mass is 534 g/mol. The van der Waals surface area contributed by atoms with Gasteiger partial charge in [-0.25, -0.2) is 0 Å². The molecular weight excluding hydrogens is 486 g/mol. The van der Waals surface area contributed by atoms with Crippen LogP contribution in [-0.4, -0.2) is 36.7 Å². The Labute approximate surface area is 197 Å². The summed E-state index contributed by atoms with van der Waals surface area (Å²) in [4.78, 5) is 0. The maximum absolute atomic E-state index is 6.49. The maximum atomic E-state index is 6.49. The molecule has 0 atom stereocenters. The predicted octanol–water partition coefficient (Wildman–Crippen LogP) is 8.40. The van der Waals surface area contributed by atoms with Crippen molar-refractivity contribution in [2.75, 3.05) is 0 Å². The molecule has 0 radical (unpaired) electrons. The number of benzene rings is 1. The molecule has 1 aromatic carbocycles.